The van der Waals surface area contributed by atoms with Crippen LogP contribution in [0.15, 0.2) is 18.2 Å². The lowest BCUT2D eigenvalue weighted by Gasteiger charge is -2.28. The molecule has 2 aliphatic rings. The lowest BCUT2D eigenvalue weighted by atomic mass is 9.90. The molecule has 5 heteroatoms. The van der Waals surface area contributed by atoms with E-state index in [2.05, 4.69) is 33.0 Å². The molecule has 120 valence electrons. The minimum absolute atomic E-state index is 0.188. The van der Waals surface area contributed by atoms with Crippen molar-refractivity contribution in [2.45, 2.75) is 52.1 Å². The monoisotopic (exact) mass is 310 g/mol. The van der Waals surface area contributed by atoms with E-state index in [0.29, 0.717) is 13.0 Å². The fourth-order valence-electron chi connectivity index (χ4n) is 3.70. The van der Waals surface area contributed by atoms with Gasteiger partial charge in [0.2, 0.25) is 5.91 Å². The number of aromatic nitrogens is 3. The van der Waals surface area contributed by atoms with Crippen molar-refractivity contribution in [1.29, 1.82) is 0 Å². The molecule has 0 atom stereocenters. The van der Waals surface area contributed by atoms with Crippen molar-refractivity contribution < 1.29 is 4.79 Å². The number of hydrogen-bond donors (Lipinski definition) is 0. The molecule has 0 N–H and O–H groups in total. The quantitative estimate of drug-likeness (QED) is 0.853. The maximum atomic E-state index is 12.6. The van der Waals surface area contributed by atoms with Crippen LogP contribution in [0.4, 0.5) is 0 Å². The molecule has 2 heterocycles. The number of aryl methyl sites for hydroxylation is 3. The molecule has 1 aromatic carbocycles. The van der Waals surface area contributed by atoms with Gasteiger partial charge in [0.1, 0.15) is 5.82 Å². The van der Waals surface area contributed by atoms with Crippen LogP contribution >= 0.6 is 0 Å². The first-order valence-electron chi connectivity index (χ1n) is 8.48. The maximum Gasteiger partial charge on any atom is 0.227 e. The van der Waals surface area contributed by atoms with E-state index >= 15 is 0 Å². The average Bonchev–Trinajstić information content (AvgIpc) is 2.95. The summed E-state index contributed by atoms with van der Waals surface area (Å²) < 4.78 is 2.10. The van der Waals surface area contributed by atoms with Crippen LogP contribution in [0.25, 0.3) is 0 Å². The van der Waals surface area contributed by atoms with Crippen LogP contribution in [0, 0.1) is 6.92 Å². The van der Waals surface area contributed by atoms with Crippen molar-refractivity contribution in [3.05, 3.63) is 46.5 Å². The highest BCUT2D eigenvalue weighted by Crippen LogP contribution is 2.23. The van der Waals surface area contributed by atoms with E-state index < -0.39 is 0 Å². The number of fused-ring (bicyclic) bond motifs is 2. The standard InChI is InChI=1S/C18H22N4O/c1-13-19-20-17-12-21(8-9-22(13)17)18(23)11-14-6-7-15-4-2-3-5-16(15)10-14/h6-7,10H,2-5,8-9,11-12H2,1H3. The molecular weight excluding hydrogens is 288 g/mol. The summed E-state index contributed by atoms with van der Waals surface area (Å²) in [6, 6.07) is 6.58. The molecule has 5 nitrogen and oxygen atoms in total. The summed E-state index contributed by atoms with van der Waals surface area (Å²) in [5.41, 5.74) is 4.04. The lowest BCUT2D eigenvalue weighted by molar-refractivity contribution is -0.132. The topological polar surface area (TPSA) is 51.0 Å². The van der Waals surface area contributed by atoms with Gasteiger partial charge in [-0.2, -0.15) is 0 Å². The molecule has 0 spiro atoms. The van der Waals surface area contributed by atoms with Gasteiger partial charge in [0.05, 0.1) is 13.0 Å². The third-order valence-corrected chi connectivity index (χ3v) is 5.06. The Morgan fingerprint density at radius 3 is 2.83 bits per heavy atom. The van der Waals surface area contributed by atoms with Crippen LogP contribution < -0.4 is 0 Å². The fraction of sp³-hybridized carbons (Fsp3) is 0.500. The maximum absolute atomic E-state index is 12.6. The van der Waals surface area contributed by atoms with E-state index in [1.807, 2.05) is 11.8 Å². The molecule has 1 amide bonds. The van der Waals surface area contributed by atoms with Crippen LogP contribution in [0.3, 0.4) is 0 Å². The summed E-state index contributed by atoms with van der Waals surface area (Å²) in [5.74, 6) is 2.02. The SMILES string of the molecule is Cc1nnc2n1CCN(C(=O)Cc1ccc3c(c1)CCCC3)C2. The molecule has 0 saturated carbocycles. The van der Waals surface area contributed by atoms with Gasteiger partial charge < -0.3 is 9.47 Å². The Morgan fingerprint density at radius 1 is 1.13 bits per heavy atom. The molecule has 4 rings (SSSR count). The fourth-order valence-corrected chi connectivity index (χ4v) is 3.70. The summed E-state index contributed by atoms with van der Waals surface area (Å²) in [5, 5.41) is 8.27. The molecule has 2 aromatic rings. The third kappa shape index (κ3) is 2.76. The Balaban J connectivity index is 1.46. The first kappa shape index (κ1) is 14.4. The summed E-state index contributed by atoms with van der Waals surface area (Å²) in [4.78, 5) is 14.5. The van der Waals surface area contributed by atoms with Crippen molar-refractivity contribution in [2.24, 2.45) is 0 Å². The predicted octanol–water partition coefficient (Wildman–Crippen LogP) is 2.05. The van der Waals surface area contributed by atoms with Crippen LogP contribution in [-0.4, -0.2) is 32.1 Å². The Bertz CT molecular complexity index is 749. The van der Waals surface area contributed by atoms with E-state index in [1.165, 1.54) is 30.4 Å². The Morgan fingerprint density at radius 2 is 1.96 bits per heavy atom. The second-order valence-electron chi connectivity index (χ2n) is 6.62. The zero-order valence-electron chi connectivity index (χ0n) is 13.6. The minimum Gasteiger partial charge on any atom is -0.333 e. The minimum atomic E-state index is 0.188. The van der Waals surface area contributed by atoms with Gasteiger partial charge in [0.25, 0.3) is 0 Å². The van der Waals surface area contributed by atoms with Gasteiger partial charge >= 0.3 is 0 Å². The van der Waals surface area contributed by atoms with Gasteiger partial charge in [0, 0.05) is 13.1 Å². The number of amides is 1. The van der Waals surface area contributed by atoms with Gasteiger partial charge in [-0.3, -0.25) is 4.79 Å². The second kappa shape index (κ2) is 5.80. The highest BCUT2D eigenvalue weighted by molar-refractivity contribution is 5.79. The summed E-state index contributed by atoms with van der Waals surface area (Å²) >= 11 is 0. The van der Waals surface area contributed by atoms with Crippen LogP contribution in [0.2, 0.25) is 0 Å². The predicted molar refractivity (Wildman–Crippen MR) is 87.0 cm³/mol. The van der Waals surface area contributed by atoms with Crippen molar-refractivity contribution in [1.82, 2.24) is 19.7 Å². The molecule has 0 radical (unpaired) electrons. The lowest BCUT2D eigenvalue weighted by Crippen LogP contribution is -2.39. The number of hydrogen-bond acceptors (Lipinski definition) is 3. The van der Waals surface area contributed by atoms with Gasteiger partial charge in [-0.05, 0) is 49.3 Å². The highest BCUT2D eigenvalue weighted by atomic mass is 16.2. The molecule has 1 aliphatic carbocycles. The second-order valence-corrected chi connectivity index (χ2v) is 6.62. The average molecular weight is 310 g/mol. The molecule has 0 bridgehead atoms. The highest BCUT2D eigenvalue weighted by Gasteiger charge is 2.23. The summed E-state index contributed by atoms with van der Waals surface area (Å²) in [7, 11) is 0. The molecule has 0 saturated heterocycles. The van der Waals surface area contributed by atoms with Crippen molar-refractivity contribution in [3.8, 4) is 0 Å². The van der Waals surface area contributed by atoms with Gasteiger partial charge in [-0.15, -0.1) is 10.2 Å². The van der Waals surface area contributed by atoms with Crippen molar-refractivity contribution in [2.75, 3.05) is 6.54 Å². The van der Waals surface area contributed by atoms with Gasteiger partial charge in [-0.25, -0.2) is 0 Å². The van der Waals surface area contributed by atoms with E-state index in [9.17, 15) is 4.79 Å². The number of rotatable bonds is 2. The molecule has 23 heavy (non-hydrogen) atoms. The molecular formula is C18H22N4O. The molecule has 1 aliphatic heterocycles. The molecule has 0 unspecified atom stereocenters. The summed E-state index contributed by atoms with van der Waals surface area (Å²) in [6.45, 7) is 4.07. The van der Waals surface area contributed by atoms with Gasteiger partial charge in [-0.1, -0.05) is 18.2 Å². The van der Waals surface area contributed by atoms with Crippen LogP contribution in [0.5, 0.6) is 0 Å². The van der Waals surface area contributed by atoms with E-state index in [0.717, 1.165) is 36.7 Å². The largest absolute Gasteiger partial charge is 0.333 e. The van der Waals surface area contributed by atoms with E-state index in [-0.39, 0.29) is 5.91 Å². The number of carbonyl (C=O) groups is 1. The smallest absolute Gasteiger partial charge is 0.227 e. The number of benzene rings is 1. The Labute approximate surface area is 136 Å². The third-order valence-electron chi connectivity index (χ3n) is 5.06. The Hall–Kier alpha value is -2.17. The normalized spacial score (nSPS) is 16.8. The zero-order chi connectivity index (χ0) is 15.8. The first-order chi connectivity index (χ1) is 11.2. The zero-order valence-corrected chi connectivity index (χ0v) is 13.6. The van der Waals surface area contributed by atoms with E-state index in [4.69, 9.17) is 0 Å². The summed E-state index contributed by atoms with van der Waals surface area (Å²) in [6.07, 6.45) is 5.39. The molecule has 0 fully saturated rings. The first-order valence-corrected chi connectivity index (χ1v) is 8.48. The van der Waals surface area contributed by atoms with Crippen LogP contribution in [-0.2, 0) is 37.1 Å². The molecule has 1 aromatic heterocycles. The number of nitrogens with zero attached hydrogens (tertiary/aromatic N) is 4. The number of carbonyl (C=O) groups excluding carboxylic acids is 1. The van der Waals surface area contributed by atoms with Crippen molar-refractivity contribution in [3.63, 3.8) is 0 Å². The Kier molecular flexibility index (Phi) is 3.63. The van der Waals surface area contributed by atoms with Crippen LogP contribution in [0.1, 0.15) is 41.2 Å². The van der Waals surface area contributed by atoms with Crippen molar-refractivity contribution >= 4 is 5.91 Å². The van der Waals surface area contributed by atoms with E-state index in [1.54, 1.807) is 0 Å². The van der Waals surface area contributed by atoms with Gasteiger partial charge in [0.15, 0.2) is 5.82 Å².